The predicted octanol–water partition coefficient (Wildman–Crippen LogP) is 2.03. The van der Waals surface area contributed by atoms with Crippen molar-refractivity contribution in [3.8, 4) is 0 Å². The Kier molecular flexibility index (Phi) is 5.98. The van der Waals surface area contributed by atoms with Crippen LogP contribution in [0.5, 0.6) is 0 Å². The average Bonchev–Trinajstić information content (AvgIpc) is 3.33. The maximum atomic E-state index is 12.5. The highest BCUT2D eigenvalue weighted by Gasteiger charge is 2.34. The average molecular weight is 337 g/mol. The van der Waals surface area contributed by atoms with Crippen LogP contribution in [-0.2, 0) is 9.53 Å². The molecule has 24 heavy (non-hydrogen) atoms. The van der Waals surface area contributed by atoms with Crippen molar-refractivity contribution in [3.63, 3.8) is 0 Å². The second-order valence-electron chi connectivity index (χ2n) is 7.42. The van der Waals surface area contributed by atoms with Gasteiger partial charge in [0.15, 0.2) is 0 Å². The van der Waals surface area contributed by atoms with Crippen LogP contribution in [0.15, 0.2) is 0 Å². The number of rotatable bonds is 5. The standard InChI is InChI=1S/C18H31N3O3/c1-2-15(16-6-5-11-24-16)20-18(23)19-14-8-7-13(12-14)17(22)21-9-3-4-10-21/h13-16H,2-12H2,1H3,(H2,19,20,23)/t13-,14+,15-,16-/m1/s1. The predicted molar refractivity (Wildman–Crippen MR) is 91.7 cm³/mol. The second-order valence-corrected chi connectivity index (χ2v) is 7.42. The molecule has 0 aromatic carbocycles. The molecule has 0 bridgehead atoms. The Balaban J connectivity index is 1.42. The molecule has 3 amide bonds. The number of nitrogens with one attached hydrogen (secondary N) is 2. The summed E-state index contributed by atoms with van der Waals surface area (Å²) in [4.78, 5) is 26.7. The number of hydrogen-bond acceptors (Lipinski definition) is 3. The largest absolute Gasteiger partial charge is 0.376 e. The highest BCUT2D eigenvalue weighted by Crippen LogP contribution is 2.28. The summed E-state index contributed by atoms with van der Waals surface area (Å²) in [6.45, 7) is 4.70. The Morgan fingerprint density at radius 3 is 2.62 bits per heavy atom. The summed E-state index contributed by atoms with van der Waals surface area (Å²) in [7, 11) is 0. The lowest BCUT2D eigenvalue weighted by atomic mass is 10.1. The summed E-state index contributed by atoms with van der Waals surface area (Å²) in [6, 6.07) is 0.0797. The molecule has 3 rings (SSSR count). The van der Waals surface area contributed by atoms with Crippen molar-refractivity contribution in [2.75, 3.05) is 19.7 Å². The summed E-state index contributed by atoms with van der Waals surface area (Å²) in [5, 5.41) is 6.13. The van der Waals surface area contributed by atoms with E-state index in [4.69, 9.17) is 4.74 Å². The summed E-state index contributed by atoms with van der Waals surface area (Å²) in [5.74, 6) is 0.386. The minimum absolute atomic E-state index is 0.0796. The van der Waals surface area contributed by atoms with Crippen molar-refractivity contribution < 1.29 is 14.3 Å². The first-order valence-electron chi connectivity index (χ1n) is 9.64. The van der Waals surface area contributed by atoms with Crippen LogP contribution < -0.4 is 10.6 Å². The van der Waals surface area contributed by atoms with E-state index < -0.39 is 0 Å². The third kappa shape index (κ3) is 4.21. The zero-order valence-corrected chi connectivity index (χ0v) is 14.8. The van der Waals surface area contributed by atoms with Gasteiger partial charge < -0.3 is 20.3 Å². The number of carbonyl (C=O) groups excluding carboxylic acids is 2. The van der Waals surface area contributed by atoms with Gasteiger partial charge in [0.2, 0.25) is 5.91 Å². The van der Waals surface area contributed by atoms with Crippen LogP contribution in [0.3, 0.4) is 0 Å². The second kappa shape index (κ2) is 8.19. The van der Waals surface area contributed by atoms with E-state index in [1.165, 1.54) is 0 Å². The van der Waals surface area contributed by atoms with Crippen molar-refractivity contribution in [2.45, 2.75) is 76.5 Å². The van der Waals surface area contributed by atoms with E-state index in [-0.39, 0.29) is 30.1 Å². The van der Waals surface area contributed by atoms with Gasteiger partial charge in [0.25, 0.3) is 0 Å². The van der Waals surface area contributed by atoms with E-state index in [0.29, 0.717) is 5.91 Å². The number of ether oxygens (including phenoxy) is 1. The molecule has 6 nitrogen and oxygen atoms in total. The smallest absolute Gasteiger partial charge is 0.315 e. The van der Waals surface area contributed by atoms with Crippen LogP contribution in [0, 0.1) is 5.92 Å². The molecule has 0 aromatic rings. The lowest BCUT2D eigenvalue weighted by Gasteiger charge is -2.24. The highest BCUT2D eigenvalue weighted by molar-refractivity contribution is 5.80. The molecule has 2 heterocycles. The molecule has 1 aliphatic carbocycles. The molecule has 136 valence electrons. The van der Waals surface area contributed by atoms with Gasteiger partial charge in [-0.05, 0) is 51.4 Å². The third-order valence-corrected chi connectivity index (χ3v) is 5.70. The quantitative estimate of drug-likeness (QED) is 0.806. The Hall–Kier alpha value is -1.30. The number of hydrogen-bond donors (Lipinski definition) is 2. The van der Waals surface area contributed by atoms with Gasteiger partial charge in [-0.3, -0.25) is 4.79 Å². The van der Waals surface area contributed by atoms with Crippen molar-refractivity contribution in [2.24, 2.45) is 5.92 Å². The molecule has 6 heteroatoms. The number of carbonyl (C=O) groups is 2. The zero-order valence-electron chi connectivity index (χ0n) is 14.8. The Morgan fingerprint density at radius 2 is 1.96 bits per heavy atom. The van der Waals surface area contributed by atoms with Crippen LogP contribution in [0.1, 0.15) is 58.3 Å². The minimum atomic E-state index is -0.114. The van der Waals surface area contributed by atoms with E-state index in [9.17, 15) is 9.59 Å². The van der Waals surface area contributed by atoms with Gasteiger partial charge in [0.1, 0.15) is 0 Å². The fraction of sp³-hybridized carbons (Fsp3) is 0.889. The van der Waals surface area contributed by atoms with E-state index in [1.54, 1.807) is 0 Å². The molecule has 3 aliphatic rings. The lowest BCUT2D eigenvalue weighted by molar-refractivity contribution is -0.134. The minimum Gasteiger partial charge on any atom is -0.376 e. The lowest BCUT2D eigenvalue weighted by Crippen LogP contribution is -2.49. The molecule has 2 N–H and O–H groups in total. The van der Waals surface area contributed by atoms with Gasteiger partial charge in [-0.1, -0.05) is 6.92 Å². The van der Waals surface area contributed by atoms with Gasteiger partial charge in [-0.25, -0.2) is 4.79 Å². The van der Waals surface area contributed by atoms with Gasteiger partial charge in [-0.2, -0.15) is 0 Å². The van der Waals surface area contributed by atoms with Crippen LogP contribution in [0.25, 0.3) is 0 Å². The Morgan fingerprint density at radius 1 is 1.17 bits per heavy atom. The summed E-state index contributed by atoms with van der Waals surface area (Å²) >= 11 is 0. The van der Waals surface area contributed by atoms with Crippen LogP contribution in [0.2, 0.25) is 0 Å². The molecule has 0 radical (unpaired) electrons. The number of urea groups is 1. The normalized spacial score (nSPS) is 31.2. The van der Waals surface area contributed by atoms with Crippen molar-refractivity contribution in [3.05, 3.63) is 0 Å². The first kappa shape index (κ1) is 17.5. The van der Waals surface area contributed by atoms with E-state index in [2.05, 4.69) is 17.6 Å². The number of likely N-dealkylation sites (tertiary alicyclic amines) is 1. The van der Waals surface area contributed by atoms with Gasteiger partial charge in [0, 0.05) is 31.7 Å². The molecule has 2 aliphatic heterocycles. The number of nitrogens with zero attached hydrogens (tertiary/aromatic N) is 1. The van der Waals surface area contributed by atoms with Crippen LogP contribution in [0.4, 0.5) is 4.79 Å². The fourth-order valence-corrected chi connectivity index (χ4v) is 4.31. The monoisotopic (exact) mass is 337 g/mol. The highest BCUT2D eigenvalue weighted by atomic mass is 16.5. The van der Waals surface area contributed by atoms with Gasteiger partial charge in [-0.15, -0.1) is 0 Å². The van der Waals surface area contributed by atoms with Gasteiger partial charge >= 0.3 is 6.03 Å². The molecule has 0 aromatic heterocycles. The zero-order chi connectivity index (χ0) is 16.9. The topological polar surface area (TPSA) is 70.7 Å². The number of amides is 3. The van der Waals surface area contributed by atoms with E-state index in [0.717, 1.165) is 71.1 Å². The van der Waals surface area contributed by atoms with Crippen LogP contribution in [-0.4, -0.2) is 54.7 Å². The first-order valence-corrected chi connectivity index (χ1v) is 9.64. The van der Waals surface area contributed by atoms with Crippen molar-refractivity contribution in [1.82, 2.24) is 15.5 Å². The summed E-state index contributed by atoms with van der Waals surface area (Å²) < 4.78 is 5.69. The Bertz CT molecular complexity index is 445. The first-order chi connectivity index (χ1) is 11.7. The molecule has 2 saturated heterocycles. The molecular formula is C18H31N3O3. The van der Waals surface area contributed by atoms with E-state index in [1.807, 2.05) is 4.90 Å². The van der Waals surface area contributed by atoms with Crippen LogP contribution >= 0.6 is 0 Å². The molecule has 0 unspecified atom stereocenters. The van der Waals surface area contributed by atoms with Crippen molar-refractivity contribution >= 4 is 11.9 Å². The van der Waals surface area contributed by atoms with Crippen molar-refractivity contribution in [1.29, 1.82) is 0 Å². The molecule has 1 saturated carbocycles. The maximum Gasteiger partial charge on any atom is 0.315 e. The summed E-state index contributed by atoms with van der Waals surface area (Å²) in [6.07, 6.45) is 7.94. The van der Waals surface area contributed by atoms with E-state index >= 15 is 0 Å². The summed E-state index contributed by atoms with van der Waals surface area (Å²) in [5.41, 5.74) is 0. The SMILES string of the molecule is CC[C@@H](NC(=O)N[C@H]1CC[C@@H](C(=O)N2CCCC2)C1)[C@H]1CCCO1. The Labute approximate surface area is 144 Å². The maximum absolute atomic E-state index is 12.5. The third-order valence-electron chi connectivity index (χ3n) is 5.70. The molecule has 3 fully saturated rings. The van der Waals surface area contributed by atoms with Gasteiger partial charge in [0.05, 0.1) is 12.1 Å². The molecular weight excluding hydrogens is 306 g/mol. The molecule has 4 atom stereocenters. The fourth-order valence-electron chi connectivity index (χ4n) is 4.31. The molecule has 0 spiro atoms.